The van der Waals surface area contributed by atoms with Crippen molar-refractivity contribution in [3.05, 3.63) is 87.4 Å². The summed E-state index contributed by atoms with van der Waals surface area (Å²) in [5.74, 6) is 0.0569. The second kappa shape index (κ2) is 13.1. The van der Waals surface area contributed by atoms with Crippen molar-refractivity contribution in [1.29, 1.82) is 0 Å². The molecule has 1 heterocycles. The van der Waals surface area contributed by atoms with E-state index in [1.807, 2.05) is 32.3 Å². The average Bonchev–Trinajstić information content (AvgIpc) is 3.10. The smallest absolute Gasteiger partial charge is 0.259 e. The van der Waals surface area contributed by atoms with E-state index in [0.29, 0.717) is 40.7 Å². The molecule has 4 rings (SSSR count). The number of nitrogens with zero attached hydrogens (tertiary/aromatic N) is 2. The van der Waals surface area contributed by atoms with E-state index in [2.05, 4.69) is 10.2 Å². The Morgan fingerprint density at radius 3 is 2.58 bits per heavy atom. The molecule has 0 saturated heterocycles. The molecule has 1 aliphatic heterocycles. The summed E-state index contributed by atoms with van der Waals surface area (Å²) in [5, 5.41) is 3.82. The summed E-state index contributed by atoms with van der Waals surface area (Å²) < 4.78 is 5.90. The molecule has 0 fully saturated rings. The Morgan fingerprint density at radius 2 is 1.79 bits per heavy atom. The topological polar surface area (TPSA) is 61.9 Å². The standard InChI is InChI=1S/C30H33Cl2N3O3/c1-34(2)16-7-8-18-38-28-11-4-3-10-25(28)29(36)33-23-13-14-24(26(32)20-23)30(37)35-17-6-5-9-21-19-22(31)12-15-27(21)35/h3-4,10-15,19-20H,5-9,16-18H2,1-2H3,(H,33,36). The maximum atomic E-state index is 13.5. The quantitative estimate of drug-likeness (QED) is 0.291. The fourth-order valence-electron chi connectivity index (χ4n) is 4.54. The van der Waals surface area contributed by atoms with E-state index in [9.17, 15) is 9.59 Å². The highest BCUT2D eigenvalue weighted by Gasteiger charge is 2.24. The number of ether oxygens (including phenoxy) is 1. The number of aryl methyl sites for hydroxylation is 1. The minimum absolute atomic E-state index is 0.175. The van der Waals surface area contributed by atoms with Gasteiger partial charge >= 0.3 is 0 Å². The van der Waals surface area contributed by atoms with Crippen molar-refractivity contribution in [3.8, 4) is 5.75 Å². The summed E-state index contributed by atoms with van der Waals surface area (Å²) in [6, 6.07) is 17.8. The number of unbranched alkanes of at least 4 members (excludes halogenated alkanes) is 1. The van der Waals surface area contributed by atoms with Crippen LogP contribution in [0, 0.1) is 0 Å². The Bertz CT molecular complexity index is 1300. The van der Waals surface area contributed by atoms with E-state index < -0.39 is 0 Å². The summed E-state index contributed by atoms with van der Waals surface area (Å²) in [4.78, 5) is 30.5. The zero-order chi connectivity index (χ0) is 27.1. The fraction of sp³-hybridized carbons (Fsp3) is 0.333. The van der Waals surface area contributed by atoms with Crippen LogP contribution in [0.15, 0.2) is 60.7 Å². The summed E-state index contributed by atoms with van der Waals surface area (Å²) >= 11 is 12.8. The van der Waals surface area contributed by atoms with E-state index in [1.165, 1.54) is 0 Å². The summed E-state index contributed by atoms with van der Waals surface area (Å²) in [6.07, 6.45) is 4.66. The molecular formula is C30H33Cl2N3O3. The zero-order valence-corrected chi connectivity index (χ0v) is 23.3. The molecule has 3 aromatic carbocycles. The van der Waals surface area contributed by atoms with Gasteiger partial charge < -0.3 is 19.9 Å². The summed E-state index contributed by atoms with van der Waals surface area (Å²) in [5.41, 5.74) is 3.25. The van der Waals surface area contributed by atoms with Gasteiger partial charge in [0.15, 0.2) is 0 Å². The first-order valence-corrected chi connectivity index (χ1v) is 13.7. The highest BCUT2D eigenvalue weighted by Crippen LogP contribution is 2.32. The van der Waals surface area contributed by atoms with Crippen LogP contribution in [-0.2, 0) is 6.42 Å². The van der Waals surface area contributed by atoms with Crippen LogP contribution in [0.2, 0.25) is 10.0 Å². The number of carbonyl (C=O) groups is 2. The summed E-state index contributed by atoms with van der Waals surface area (Å²) in [6.45, 7) is 2.13. The van der Waals surface area contributed by atoms with E-state index in [0.717, 1.165) is 49.9 Å². The Balaban J connectivity index is 1.45. The van der Waals surface area contributed by atoms with Crippen molar-refractivity contribution < 1.29 is 14.3 Å². The van der Waals surface area contributed by atoms with E-state index in [4.69, 9.17) is 27.9 Å². The molecule has 0 bridgehead atoms. The minimum atomic E-state index is -0.303. The molecule has 1 N–H and O–H groups in total. The predicted octanol–water partition coefficient (Wildman–Crippen LogP) is 6.95. The lowest BCUT2D eigenvalue weighted by Gasteiger charge is -2.24. The second-order valence-corrected chi connectivity index (χ2v) is 10.5. The summed E-state index contributed by atoms with van der Waals surface area (Å²) in [7, 11) is 4.08. The predicted molar refractivity (Wildman–Crippen MR) is 155 cm³/mol. The maximum Gasteiger partial charge on any atom is 0.259 e. The molecule has 200 valence electrons. The molecule has 0 spiro atoms. The zero-order valence-electron chi connectivity index (χ0n) is 21.8. The van der Waals surface area contributed by atoms with Crippen LogP contribution < -0.4 is 15.0 Å². The lowest BCUT2D eigenvalue weighted by Crippen LogP contribution is -2.32. The van der Waals surface area contributed by atoms with Crippen LogP contribution in [0.3, 0.4) is 0 Å². The highest BCUT2D eigenvalue weighted by atomic mass is 35.5. The number of nitrogens with one attached hydrogen (secondary N) is 1. The van der Waals surface area contributed by atoms with Gasteiger partial charge in [-0.3, -0.25) is 9.59 Å². The fourth-order valence-corrected chi connectivity index (χ4v) is 4.99. The van der Waals surface area contributed by atoms with Crippen molar-refractivity contribution in [2.75, 3.05) is 44.0 Å². The van der Waals surface area contributed by atoms with Crippen molar-refractivity contribution in [3.63, 3.8) is 0 Å². The number of hydrogen-bond acceptors (Lipinski definition) is 4. The van der Waals surface area contributed by atoms with Gasteiger partial charge in [0, 0.05) is 22.9 Å². The number of anilines is 2. The number of halogens is 2. The van der Waals surface area contributed by atoms with Crippen LogP contribution >= 0.6 is 23.2 Å². The molecule has 0 saturated carbocycles. The third kappa shape index (κ3) is 7.07. The number of amides is 2. The van der Waals surface area contributed by atoms with Gasteiger partial charge in [-0.2, -0.15) is 0 Å². The Kier molecular flexibility index (Phi) is 9.67. The number of para-hydroxylation sites is 1. The average molecular weight is 555 g/mol. The molecule has 38 heavy (non-hydrogen) atoms. The molecule has 0 aromatic heterocycles. The van der Waals surface area contributed by atoms with Crippen molar-refractivity contribution in [2.24, 2.45) is 0 Å². The first kappa shape index (κ1) is 28.0. The van der Waals surface area contributed by atoms with Crippen molar-refractivity contribution in [2.45, 2.75) is 32.1 Å². The molecule has 2 amide bonds. The van der Waals surface area contributed by atoms with Gasteiger partial charge in [0.25, 0.3) is 11.8 Å². The minimum Gasteiger partial charge on any atom is -0.493 e. The normalized spacial score (nSPS) is 13.1. The van der Waals surface area contributed by atoms with Crippen LogP contribution in [0.5, 0.6) is 5.75 Å². The van der Waals surface area contributed by atoms with Crippen LogP contribution in [0.4, 0.5) is 11.4 Å². The van der Waals surface area contributed by atoms with Crippen molar-refractivity contribution >= 4 is 46.4 Å². The second-order valence-electron chi connectivity index (χ2n) is 9.69. The van der Waals surface area contributed by atoms with Crippen LogP contribution in [-0.4, -0.2) is 50.5 Å². The largest absolute Gasteiger partial charge is 0.493 e. The van der Waals surface area contributed by atoms with Gasteiger partial charge in [-0.15, -0.1) is 0 Å². The molecule has 0 atom stereocenters. The van der Waals surface area contributed by atoms with E-state index in [1.54, 1.807) is 47.4 Å². The maximum absolute atomic E-state index is 13.5. The monoisotopic (exact) mass is 553 g/mol. The van der Waals surface area contributed by atoms with Gasteiger partial charge in [-0.05, 0) is 107 Å². The molecule has 0 unspecified atom stereocenters. The molecule has 6 nitrogen and oxygen atoms in total. The van der Waals surface area contributed by atoms with E-state index >= 15 is 0 Å². The molecule has 8 heteroatoms. The van der Waals surface area contributed by atoms with Gasteiger partial charge in [-0.1, -0.05) is 35.3 Å². The lowest BCUT2D eigenvalue weighted by molar-refractivity contribution is 0.0985. The van der Waals surface area contributed by atoms with Crippen LogP contribution in [0.25, 0.3) is 0 Å². The number of fused-ring (bicyclic) bond motifs is 1. The Morgan fingerprint density at radius 1 is 0.974 bits per heavy atom. The molecule has 0 radical (unpaired) electrons. The third-order valence-corrected chi connectivity index (χ3v) is 7.05. The van der Waals surface area contributed by atoms with Gasteiger partial charge in [-0.25, -0.2) is 0 Å². The number of benzene rings is 3. The van der Waals surface area contributed by atoms with Gasteiger partial charge in [0.1, 0.15) is 5.75 Å². The first-order valence-electron chi connectivity index (χ1n) is 12.9. The van der Waals surface area contributed by atoms with Gasteiger partial charge in [0.2, 0.25) is 0 Å². The molecule has 3 aromatic rings. The number of carbonyl (C=O) groups excluding carboxylic acids is 2. The van der Waals surface area contributed by atoms with Crippen LogP contribution in [0.1, 0.15) is 52.0 Å². The highest BCUT2D eigenvalue weighted by molar-refractivity contribution is 6.35. The molecule has 1 aliphatic rings. The van der Waals surface area contributed by atoms with Gasteiger partial charge in [0.05, 0.1) is 22.8 Å². The number of rotatable bonds is 9. The Hall–Kier alpha value is -3.06. The van der Waals surface area contributed by atoms with Crippen molar-refractivity contribution in [1.82, 2.24) is 4.90 Å². The third-order valence-electron chi connectivity index (χ3n) is 6.50. The Labute approximate surface area is 234 Å². The van der Waals surface area contributed by atoms with E-state index in [-0.39, 0.29) is 16.8 Å². The number of hydrogen-bond donors (Lipinski definition) is 1. The molecule has 0 aliphatic carbocycles. The SMILES string of the molecule is CN(C)CCCCOc1ccccc1C(=O)Nc1ccc(C(=O)N2CCCCc3cc(Cl)ccc32)c(Cl)c1. The lowest BCUT2D eigenvalue weighted by atomic mass is 10.1. The molecular weight excluding hydrogens is 521 g/mol. The first-order chi connectivity index (χ1) is 18.3.